The van der Waals surface area contributed by atoms with Crippen molar-refractivity contribution in [2.45, 2.75) is 6.42 Å². The minimum Gasteiger partial charge on any atom is -0.481 e. The van der Waals surface area contributed by atoms with Crippen LogP contribution in [-0.2, 0) is 11.2 Å². The van der Waals surface area contributed by atoms with Crippen LogP contribution in [0.15, 0.2) is 30.5 Å². The molecule has 1 aromatic heterocycles. The zero-order chi connectivity index (χ0) is 9.26. The maximum atomic E-state index is 10.5. The average Bonchev–Trinajstić information content (AvgIpc) is 2.48. The molecule has 1 heterocycles. The molecular formula is C10H9NO2. The summed E-state index contributed by atoms with van der Waals surface area (Å²) < 4.78 is 0. The first-order chi connectivity index (χ1) is 6.27. The molecule has 2 rings (SSSR count). The molecule has 3 heteroatoms. The number of para-hydroxylation sites is 1. The summed E-state index contributed by atoms with van der Waals surface area (Å²) in [5, 5.41) is 9.62. The second-order valence-corrected chi connectivity index (χ2v) is 2.93. The third-order valence-corrected chi connectivity index (χ3v) is 2.02. The Balaban J connectivity index is 2.51. The number of hydrogen-bond acceptors (Lipinski definition) is 1. The van der Waals surface area contributed by atoms with Crippen LogP contribution in [-0.4, -0.2) is 16.1 Å². The smallest absolute Gasteiger partial charge is 0.307 e. The fourth-order valence-corrected chi connectivity index (χ4v) is 1.44. The molecule has 0 saturated heterocycles. The van der Waals surface area contributed by atoms with Crippen molar-refractivity contribution in [3.63, 3.8) is 0 Å². The molecule has 2 N–H and O–H groups in total. The number of carboxylic acid groups (broad SMARTS) is 1. The second kappa shape index (κ2) is 2.94. The van der Waals surface area contributed by atoms with E-state index in [2.05, 4.69) is 4.98 Å². The number of benzene rings is 1. The number of carbonyl (C=O) groups is 1. The molecule has 0 aliphatic carbocycles. The van der Waals surface area contributed by atoms with Gasteiger partial charge in [0.15, 0.2) is 0 Å². The van der Waals surface area contributed by atoms with E-state index in [4.69, 9.17) is 5.11 Å². The summed E-state index contributed by atoms with van der Waals surface area (Å²) in [4.78, 5) is 13.5. The van der Waals surface area contributed by atoms with E-state index in [1.54, 1.807) is 6.20 Å². The van der Waals surface area contributed by atoms with Crippen LogP contribution in [0.4, 0.5) is 0 Å². The highest BCUT2D eigenvalue weighted by Crippen LogP contribution is 2.17. The molecule has 0 saturated carbocycles. The lowest BCUT2D eigenvalue weighted by Crippen LogP contribution is -1.98. The molecule has 0 aliphatic rings. The van der Waals surface area contributed by atoms with Crippen molar-refractivity contribution in [3.8, 4) is 0 Å². The van der Waals surface area contributed by atoms with Gasteiger partial charge < -0.3 is 10.1 Å². The van der Waals surface area contributed by atoms with Gasteiger partial charge in [-0.25, -0.2) is 0 Å². The van der Waals surface area contributed by atoms with Crippen LogP contribution < -0.4 is 0 Å². The zero-order valence-electron chi connectivity index (χ0n) is 6.95. The summed E-state index contributed by atoms with van der Waals surface area (Å²) in [5.41, 5.74) is 1.82. The summed E-state index contributed by atoms with van der Waals surface area (Å²) in [6.07, 6.45) is 1.82. The molecule has 13 heavy (non-hydrogen) atoms. The number of aromatic nitrogens is 1. The largest absolute Gasteiger partial charge is 0.481 e. The Morgan fingerprint density at radius 3 is 2.92 bits per heavy atom. The van der Waals surface area contributed by atoms with Gasteiger partial charge in [-0.15, -0.1) is 0 Å². The maximum Gasteiger partial charge on any atom is 0.307 e. The number of fused-ring (bicyclic) bond motifs is 1. The summed E-state index contributed by atoms with van der Waals surface area (Å²) in [5.74, 6) is -0.801. The van der Waals surface area contributed by atoms with Crippen LogP contribution in [0.3, 0.4) is 0 Å². The van der Waals surface area contributed by atoms with Gasteiger partial charge in [0.2, 0.25) is 0 Å². The van der Waals surface area contributed by atoms with E-state index in [9.17, 15) is 4.79 Å². The third-order valence-electron chi connectivity index (χ3n) is 2.02. The Labute approximate surface area is 75.0 Å². The zero-order valence-corrected chi connectivity index (χ0v) is 6.95. The van der Waals surface area contributed by atoms with Gasteiger partial charge in [0.25, 0.3) is 0 Å². The van der Waals surface area contributed by atoms with Gasteiger partial charge in [-0.1, -0.05) is 18.2 Å². The van der Waals surface area contributed by atoms with Crippen molar-refractivity contribution in [1.29, 1.82) is 0 Å². The molecule has 0 amide bonds. The highest BCUT2D eigenvalue weighted by molar-refractivity contribution is 5.86. The highest BCUT2D eigenvalue weighted by Gasteiger charge is 2.05. The van der Waals surface area contributed by atoms with Gasteiger partial charge >= 0.3 is 5.97 Å². The van der Waals surface area contributed by atoms with Gasteiger partial charge in [0, 0.05) is 17.1 Å². The summed E-state index contributed by atoms with van der Waals surface area (Å²) >= 11 is 0. The Morgan fingerprint density at radius 1 is 1.38 bits per heavy atom. The predicted octanol–water partition coefficient (Wildman–Crippen LogP) is 1.79. The number of rotatable bonds is 2. The molecule has 2 aromatic rings. The second-order valence-electron chi connectivity index (χ2n) is 2.93. The predicted molar refractivity (Wildman–Crippen MR) is 49.6 cm³/mol. The molecule has 0 unspecified atom stereocenters. The van der Waals surface area contributed by atoms with Crippen LogP contribution >= 0.6 is 0 Å². The molecule has 1 aromatic carbocycles. The fraction of sp³-hybridized carbons (Fsp3) is 0.100. The van der Waals surface area contributed by atoms with Crippen molar-refractivity contribution in [2.24, 2.45) is 0 Å². The summed E-state index contributed by atoms with van der Waals surface area (Å²) in [6, 6.07) is 7.68. The van der Waals surface area contributed by atoms with Gasteiger partial charge in [-0.05, 0) is 11.6 Å². The maximum absolute atomic E-state index is 10.5. The Kier molecular flexibility index (Phi) is 1.77. The minimum absolute atomic E-state index is 0.0734. The molecule has 0 spiro atoms. The minimum atomic E-state index is -0.801. The van der Waals surface area contributed by atoms with Crippen LogP contribution in [0.5, 0.6) is 0 Å². The molecule has 0 bridgehead atoms. The van der Waals surface area contributed by atoms with Gasteiger partial charge in [0.05, 0.1) is 6.42 Å². The van der Waals surface area contributed by atoms with E-state index in [1.165, 1.54) is 0 Å². The van der Waals surface area contributed by atoms with E-state index in [0.717, 1.165) is 16.5 Å². The lowest BCUT2D eigenvalue weighted by atomic mass is 10.2. The van der Waals surface area contributed by atoms with Crippen molar-refractivity contribution < 1.29 is 9.90 Å². The normalized spacial score (nSPS) is 10.5. The first-order valence-corrected chi connectivity index (χ1v) is 4.04. The molecule has 0 fully saturated rings. The molecule has 66 valence electrons. The van der Waals surface area contributed by atoms with Crippen molar-refractivity contribution in [1.82, 2.24) is 4.98 Å². The lowest BCUT2D eigenvalue weighted by Gasteiger charge is -1.92. The Bertz CT molecular complexity index is 445. The first-order valence-electron chi connectivity index (χ1n) is 4.04. The van der Waals surface area contributed by atoms with Crippen molar-refractivity contribution in [2.75, 3.05) is 0 Å². The Morgan fingerprint density at radius 2 is 2.15 bits per heavy atom. The SMILES string of the molecule is O=[14C](O)Cc1c[nH]c2ccccc12. The average molecular weight is 177 g/mol. The topological polar surface area (TPSA) is 53.1 Å². The van der Waals surface area contributed by atoms with Crippen LogP contribution in [0.2, 0.25) is 0 Å². The van der Waals surface area contributed by atoms with E-state index in [0.29, 0.717) is 0 Å². The van der Waals surface area contributed by atoms with Crippen LogP contribution in [0, 0.1) is 0 Å². The van der Waals surface area contributed by atoms with Crippen LogP contribution in [0.25, 0.3) is 10.9 Å². The quantitative estimate of drug-likeness (QED) is 0.734. The van der Waals surface area contributed by atoms with E-state index in [1.807, 2.05) is 24.3 Å². The number of nitrogens with one attached hydrogen (secondary N) is 1. The van der Waals surface area contributed by atoms with E-state index >= 15 is 0 Å². The number of hydrogen-bond donors (Lipinski definition) is 2. The molecule has 0 aliphatic heterocycles. The third kappa shape index (κ3) is 1.40. The summed E-state index contributed by atoms with van der Waals surface area (Å²) in [6.45, 7) is 0. The fourth-order valence-electron chi connectivity index (χ4n) is 1.44. The Hall–Kier alpha value is -1.77. The molecular weight excluding hydrogens is 168 g/mol. The molecule has 0 atom stereocenters. The van der Waals surface area contributed by atoms with E-state index < -0.39 is 5.97 Å². The van der Waals surface area contributed by atoms with Crippen molar-refractivity contribution >= 4 is 16.9 Å². The summed E-state index contributed by atoms with van der Waals surface area (Å²) in [7, 11) is 0. The standard InChI is InChI=1S/C10H9NO2/c12-10(13)5-7-6-11-9-4-2-1-3-8(7)9/h1-4,6,11H,5H2,(H,12,13)/i10+2. The first kappa shape index (κ1) is 7.86. The molecule has 3 nitrogen and oxygen atoms in total. The number of aliphatic carboxylic acids is 1. The number of carboxylic acids is 1. The lowest BCUT2D eigenvalue weighted by molar-refractivity contribution is -0.136. The van der Waals surface area contributed by atoms with Crippen LogP contribution in [0.1, 0.15) is 5.56 Å². The van der Waals surface area contributed by atoms with Crippen molar-refractivity contribution in [3.05, 3.63) is 36.0 Å². The van der Waals surface area contributed by atoms with Gasteiger partial charge in [0.1, 0.15) is 0 Å². The monoisotopic (exact) mass is 177 g/mol. The van der Waals surface area contributed by atoms with Gasteiger partial charge in [-0.3, -0.25) is 4.79 Å². The highest BCUT2D eigenvalue weighted by atomic mass is 16.6. The molecule has 0 radical (unpaired) electrons. The number of H-pyrrole nitrogens is 1. The van der Waals surface area contributed by atoms with E-state index in [-0.39, 0.29) is 6.42 Å². The number of aromatic amines is 1. The van der Waals surface area contributed by atoms with Gasteiger partial charge in [-0.2, -0.15) is 0 Å².